The molecule has 0 saturated carbocycles. The smallest absolute Gasteiger partial charge is 0.139 e. The van der Waals surface area contributed by atoms with Gasteiger partial charge in [0.2, 0.25) is 0 Å². The van der Waals surface area contributed by atoms with Crippen LogP contribution in [0, 0.1) is 0 Å². The van der Waals surface area contributed by atoms with E-state index in [1.807, 2.05) is 18.2 Å². The Hall–Kier alpha value is -0.580. The van der Waals surface area contributed by atoms with E-state index in [1.165, 1.54) is 0 Å². The van der Waals surface area contributed by atoms with Crippen molar-refractivity contribution in [3.63, 3.8) is 0 Å². The van der Waals surface area contributed by atoms with E-state index in [0.717, 1.165) is 22.9 Å². The third-order valence-electron chi connectivity index (χ3n) is 3.19. The molecule has 0 radical (unpaired) electrons. The van der Waals surface area contributed by atoms with Gasteiger partial charge in [0.05, 0.1) is 22.8 Å². The fourth-order valence-corrected chi connectivity index (χ4v) is 2.73. The predicted octanol–water partition coefficient (Wildman–Crippen LogP) is 3.28. The van der Waals surface area contributed by atoms with Crippen molar-refractivity contribution < 1.29 is 14.6 Å². The summed E-state index contributed by atoms with van der Waals surface area (Å²) in [5.41, 5.74) is 0.753. The Bertz CT molecular complexity index is 418. The van der Waals surface area contributed by atoms with Crippen LogP contribution in [-0.4, -0.2) is 23.4 Å². The predicted molar refractivity (Wildman–Crippen MR) is 73.7 cm³/mol. The summed E-state index contributed by atoms with van der Waals surface area (Å²) in [6, 6.07) is 5.66. The quantitative estimate of drug-likeness (QED) is 0.927. The van der Waals surface area contributed by atoms with Crippen LogP contribution in [0.15, 0.2) is 22.7 Å². The highest BCUT2D eigenvalue weighted by atomic mass is 79.9. The highest BCUT2D eigenvalue weighted by Gasteiger charge is 2.32. The molecule has 0 aliphatic carbocycles. The Labute approximate surface area is 116 Å². The van der Waals surface area contributed by atoms with Crippen molar-refractivity contribution >= 4 is 15.9 Å². The van der Waals surface area contributed by atoms with Crippen molar-refractivity contribution in [2.75, 3.05) is 6.61 Å². The van der Waals surface area contributed by atoms with Crippen LogP contribution in [0.25, 0.3) is 0 Å². The third-order valence-corrected chi connectivity index (χ3v) is 3.81. The Kier molecular flexibility index (Phi) is 4.30. The van der Waals surface area contributed by atoms with Gasteiger partial charge in [0, 0.05) is 5.56 Å². The topological polar surface area (TPSA) is 38.7 Å². The number of aliphatic hydroxyl groups excluding tert-OH is 1. The molecule has 1 fully saturated rings. The molecule has 0 aromatic heterocycles. The van der Waals surface area contributed by atoms with E-state index in [9.17, 15) is 5.11 Å². The average Bonchev–Trinajstić information content (AvgIpc) is 2.67. The molecule has 1 heterocycles. The Balaban J connectivity index is 1.98. The molecule has 1 aliphatic heterocycles. The van der Waals surface area contributed by atoms with Crippen molar-refractivity contribution in [3.05, 3.63) is 28.2 Å². The first kappa shape index (κ1) is 13.8. The van der Waals surface area contributed by atoms with Crippen LogP contribution in [0.4, 0.5) is 0 Å². The molecule has 3 nitrogen and oxygen atoms in total. The standard InChI is InChI=1S/C14H19BrO3/c1-14(2)7-6-11(18-14)9-17-13-10(8-16)4-3-5-12(13)15/h3-5,11,16H,6-9H2,1-2H3. The van der Waals surface area contributed by atoms with Crippen LogP contribution in [-0.2, 0) is 11.3 Å². The molecular formula is C14H19BrO3. The lowest BCUT2D eigenvalue weighted by Gasteiger charge is -2.20. The van der Waals surface area contributed by atoms with E-state index < -0.39 is 0 Å². The lowest BCUT2D eigenvalue weighted by atomic mass is 10.1. The van der Waals surface area contributed by atoms with Gasteiger partial charge in [-0.05, 0) is 48.7 Å². The fourth-order valence-electron chi connectivity index (χ4n) is 2.21. The van der Waals surface area contributed by atoms with Gasteiger partial charge in [-0.2, -0.15) is 0 Å². The number of halogens is 1. The van der Waals surface area contributed by atoms with Crippen molar-refractivity contribution in [1.82, 2.24) is 0 Å². The van der Waals surface area contributed by atoms with Gasteiger partial charge in [-0.15, -0.1) is 0 Å². The first-order valence-corrected chi connectivity index (χ1v) is 7.00. The second kappa shape index (κ2) is 5.59. The lowest BCUT2D eigenvalue weighted by Crippen LogP contribution is -2.24. The molecular weight excluding hydrogens is 296 g/mol. The maximum Gasteiger partial charge on any atom is 0.139 e. The van der Waals surface area contributed by atoms with Gasteiger partial charge in [-0.1, -0.05) is 12.1 Å². The summed E-state index contributed by atoms with van der Waals surface area (Å²) in [5, 5.41) is 9.29. The number of para-hydroxylation sites is 1. The summed E-state index contributed by atoms with van der Waals surface area (Å²) in [6.07, 6.45) is 2.22. The highest BCUT2D eigenvalue weighted by Crippen LogP contribution is 2.32. The number of aliphatic hydroxyl groups is 1. The first-order valence-electron chi connectivity index (χ1n) is 6.21. The summed E-state index contributed by atoms with van der Waals surface area (Å²) < 4.78 is 12.6. The van der Waals surface area contributed by atoms with Gasteiger partial charge in [0.25, 0.3) is 0 Å². The fraction of sp³-hybridized carbons (Fsp3) is 0.571. The minimum absolute atomic E-state index is 0.0220. The van der Waals surface area contributed by atoms with Crippen molar-refractivity contribution in [1.29, 1.82) is 0 Å². The number of hydrogen-bond donors (Lipinski definition) is 1. The minimum Gasteiger partial charge on any atom is -0.489 e. The third kappa shape index (κ3) is 3.25. The molecule has 1 unspecified atom stereocenters. The monoisotopic (exact) mass is 314 g/mol. The van der Waals surface area contributed by atoms with E-state index >= 15 is 0 Å². The molecule has 100 valence electrons. The molecule has 0 amide bonds. The molecule has 1 N–H and O–H groups in total. The van der Waals surface area contributed by atoms with Crippen LogP contribution in [0.1, 0.15) is 32.3 Å². The lowest BCUT2D eigenvalue weighted by molar-refractivity contribution is -0.0329. The zero-order valence-electron chi connectivity index (χ0n) is 10.8. The number of ether oxygens (including phenoxy) is 2. The largest absolute Gasteiger partial charge is 0.489 e. The molecule has 1 saturated heterocycles. The zero-order chi connectivity index (χ0) is 13.2. The van der Waals surface area contributed by atoms with E-state index in [4.69, 9.17) is 9.47 Å². The van der Waals surface area contributed by atoms with E-state index in [0.29, 0.717) is 12.4 Å². The van der Waals surface area contributed by atoms with Crippen LogP contribution >= 0.6 is 15.9 Å². The second-order valence-corrected chi connectivity index (χ2v) is 6.09. The van der Waals surface area contributed by atoms with Crippen LogP contribution in [0.5, 0.6) is 5.75 Å². The van der Waals surface area contributed by atoms with Gasteiger partial charge in [0.15, 0.2) is 0 Å². The van der Waals surface area contributed by atoms with Crippen molar-refractivity contribution in [2.24, 2.45) is 0 Å². The van der Waals surface area contributed by atoms with E-state index in [1.54, 1.807) is 0 Å². The molecule has 1 aromatic carbocycles. The summed E-state index contributed by atoms with van der Waals surface area (Å²) >= 11 is 3.44. The van der Waals surface area contributed by atoms with Crippen molar-refractivity contribution in [2.45, 2.75) is 45.0 Å². The molecule has 18 heavy (non-hydrogen) atoms. The summed E-state index contributed by atoms with van der Waals surface area (Å²) in [6.45, 7) is 4.71. The number of hydrogen-bond acceptors (Lipinski definition) is 3. The molecule has 0 bridgehead atoms. The van der Waals surface area contributed by atoms with Gasteiger partial charge in [-0.3, -0.25) is 0 Å². The number of rotatable bonds is 4. The van der Waals surface area contributed by atoms with Gasteiger partial charge in [-0.25, -0.2) is 0 Å². The molecule has 0 spiro atoms. The average molecular weight is 315 g/mol. The first-order chi connectivity index (χ1) is 8.52. The van der Waals surface area contributed by atoms with E-state index in [2.05, 4.69) is 29.8 Å². The maximum absolute atomic E-state index is 9.29. The Morgan fingerprint density at radius 3 is 2.89 bits per heavy atom. The molecule has 1 aliphatic rings. The normalized spacial score (nSPS) is 22.1. The van der Waals surface area contributed by atoms with Gasteiger partial charge < -0.3 is 14.6 Å². The van der Waals surface area contributed by atoms with Crippen LogP contribution in [0.2, 0.25) is 0 Å². The highest BCUT2D eigenvalue weighted by molar-refractivity contribution is 9.10. The Morgan fingerprint density at radius 1 is 1.50 bits per heavy atom. The number of benzene rings is 1. The van der Waals surface area contributed by atoms with E-state index in [-0.39, 0.29) is 18.3 Å². The Morgan fingerprint density at radius 2 is 2.28 bits per heavy atom. The van der Waals surface area contributed by atoms with Crippen LogP contribution < -0.4 is 4.74 Å². The van der Waals surface area contributed by atoms with Gasteiger partial charge >= 0.3 is 0 Å². The molecule has 2 rings (SSSR count). The maximum atomic E-state index is 9.29. The SMILES string of the molecule is CC1(C)CCC(COc2c(Br)cccc2CO)O1. The summed E-state index contributed by atoms with van der Waals surface area (Å²) in [7, 11) is 0. The minimum atomic E-state index is -0.0399. The van der Waals surface area contributed by atoms with Crippen molar-refractivity contribution in [3.8, 4) is 5.75 Å². The molecule has 1 aromatic rings. The van der Waals surface area contributed by atoms with Gasteiger partial charge in [0.1, 0.15) is 12.4 Å². The summed E-state index contributed by atoms with van der Waals surface area (Å²) in [5.74, 6) is 0.716. The molecule has 4 heteroatoms. The van der Waals surface area contributed by atoms with Crippen LogP contribution in [0.3, 0.4) is 0 Å². The second-order valence-electron chi connectivity index (χ2n) is 5.24. The molecule has 1 atom stereocenters. The zero-order valence-corrected chi connectivity index (χ0v) is 12.4. The summed E-state index contributed by atoms with van der Waals surface area (Å²) in [4.78, 5) is 0.